The second-order valence-electron chi connectivity index (χ2n) is 0.323. The fourth-order valence-electron chi connectivity index (χ4n) is 0.0230. The highest BCUT2D eigenvalue weighted by Crippen LogP contribution is 2.09. The van der Waals surface area contributed by atoms with Gasteiger partial charge in [-0.2, -0.15) is 4.40 Å². The van der Waals surface area contributed by atoms with Crippen molar-refractivity contribution in [2.75, 3.05) is 0 Å². The molecule has 5 heavy (non-hydrogen) atoms. The van der Waals surface area contributed by atoms with E-state index in [1.165, 1.54) is 15.5 Å². The van der Waals surface area contributed by atoms with Crippen LogP contribution in [0.1, 0.15) is 0 Å². The third-order valence-corrected chi connectivity index (χ3v) is 0.984. The van der Waals surface area contributed by atoms with Crippen molar-refractivity contribution < 1.29 is 0 Å². The predicted molar refractivity (Wildman–Crippen MR) is 34.3 cm³/mol. The summed E-state index contributed by atoms with van der Waals surface area (Å²) in [6.45, 7) is 0. The van der Waals surface area contributed by atoms with Gasteiger partial charge in [-0.15, -0.1) is 0 Å². The molecule has 0 aliphatic carbocycles. The Balaban J connectivity index is 2.62. The standard InChI is InChI=1S/CH3IN2S/c2-5-4-1-3/h1H,(H2,3,4). The molecule has 0 amide bonds. The normalized spacial score (nSPS) is 9.80. The second kappa shape index (κ2) is 4.55. The van der Waals surface area contributed by atoms with Gasteiger partial charge in [0, 0.05) is 30.3 Å². The molecule has 0 spiro atoms. The van der Waals surface area contributed by atoms with Crippen molar-refractivity contribution in [3.8, 4) is 0 Å². The molecule has 4 heteroatoms. The maximum absolute atomic E-state index is 4.82. The molecule has 30 valence electrons. The lowest BCUT2D eigenvalue weighted by Crippen LogP contribution is -1.83. The van der Waals surface area contributed by atoms with Crippen molar-refractivity contribution in [3.63, 3.8) is 0 Å². The summed E-state index contributed by atoms with van der Waals surface area (Å²) in [5.74, 6) is 0. The Kier molecular flexibility index (Phi) is 5.05. The molecular weight excluding hydrogens is 199 g/mol. The van der Waals surface area contributed by atoms with E-state index in [1.54, 1.807) is 0 Å². The Labute approximate surface area is 46.9 Å². The first-order valence-electron chi connectivity index (χ1n) is 0.928. The van der Waals surface area contributed by atoms with E-state index in [-0.39, 0.29) is 0 Å². The van der Waals surface area contributed by atoms with Crippen molar-refractivity contribution in [1.29, 1.82) is 0 Å². The molecule has 2 N–H and O–H groups in total. The smallest absolute Gasteiger partial charge is 0.0946 e. The zero-order valence-electron chi connectivity index (χ0n) is 2.39. The van der Waals surface area contributed by atoms with E-state index in [9.17, 15) is 0 Å². The van der Waals surface area contributed by atoms with E-state index < -0.39 is 0 Å². The third-order valence-electron chi connectivity index (χ3n) is 0.101. The van der Waals surface area contributed by atoms with Gasteiger partial charge in [0.25, 0.3) is 0 Å². The fourth-order valence-corrected chi connectivity index (χ4v) is 0.463. The molecule has 0 saturated carbocycles. The average molecular weight is 202 g/mol. The number of hydrogen-bond acceptors (Lipinski definition) is 2. The molecule has 0 aromatic heterocycles. The number of nitrogens with zero attached hydrogens (tertiary/aromatic N) is 1. The maximum Gasteiger partial charge on any atom is 0.0946 e. The number of hydrogen-bond donors (Lipinski definition) is 1. The average Bonchev–Trinajstić information content (AvgIpc) is 1.41. The van der Waals surface area contributed by atoms with Gasteiger partial charge < -0.3 is 5.73 Å². The summed E-state index contributed by atoms with van der Waals surface area (Å²) in [4.78, 5) is 0. The quantitative estimate of drug-likeness (QED) is 0.298. The van der Waals surface area contributed by atoms with Gasteiger partial charge in [-0.3, -0.25) is 0 Å². The highest BCUT2D eigenvalue weighted by atomic mass is 127. The van der Waals surface area contributed by atoms with E-state index in [1.807, 2.05) is 21.2 Å². The molecule has 0 aliphatic rings. The first kappa shape index (κ1) is 5.55. The van der Waals surface area contributed by atoms with Gasteiger partial charge in [0.15, 0.2) is 0 Å². The van der Waals surface area contributed by atoms with Crippen molar-refractivity contribution >= 4 is 36.7 Å². The van der Waals surface area contributed by atoms with E-state index >= 15 is 0 Å². The lowest BCUT2D eigenvalue weighted by atomic mass is 11.4. The first-order chi connectivity index (χ1) is 2.41. The Morgan fingerprint density at radius 3 is 2.60 bits per heavy atom. The second-order valence-corrected chi connectivity index (χ2v) is 1.85. The van der Waals surface area contributed by atoms with Crippen LogP contribution < -0.4 is 5.73 Å². The SMILES string of the molecule is N/C=N/SI. The monoisotopic (exact) mass is 202 g/mol. The summed E-state index contributed by atoms with van der Waals surface area (Å²) in [6.07, 6.45) is 1.26. The Bertz CT molecular complexity index is 36.6. The molecule has 0 unspecified atom stereocenters. The van der Waals surface area contributed by atoms with E-state index in [4.69, 9.17) is 5.73 Å². The van der Waals surface area contributed by atoms with Crippen molar-refractivity contribution in [3.05, 3.63) is 0 Å². The van der Waals surface area contributed by atoms with Crippen LogP contribution in [0.5, 0.6) is 0 Å². The molecule has 0 fully saturated rings. The van der Waals surface area contributed by atoms with Crippen LogP contribution in [0.15, 0.2) is 4.40 Å². The molecule has 0 saturated heterocycles. The van der Waals surface area contributed by atoms with Crippen LogP contribution in [-0.4, -0.2) is 6.34 Å². The highest BCUT2D eigenvalue weighted by Gasteiger charge is 1.54. The van der Waals surface area contributed by atoms with Crippen LogP contribution in [0, 0.1) is 0 Å². The summed E-state index contributed by atoms with van der Waals surface area (Å²) < 4.78 is 3.53. The van der Waals surface area contributed by atoms with Crippen LogP contribution in [0.3, 0.4) is 0 Å². The zero-order valence-corrected chi connectivity index (χ0v) is 5.36. The van der Waals surface area contributed by atoms with Gasteiger partial charge in [0.2, 0.25) is 0 Å². The van der Waals surface area contributed by atoms with Crippen LogP contribution in [0.2, 0.25) is 0 Å². The van der Waals surface area contributed by atoms with Crippen molar-refractivity contribution in [1.82, 2.24) is 0 Å². The molecule has 0 aromatic rings. The molecule has 0 atom stereocenters. The maximum atomic E-state index is 4.82. The number of nitrogens with two attached hydrogens (primary N) is 1. The van der Waals surface area contributed by atoms with Crippen molar-refractivity contribution in [2.24, 2.45) is 10.1 Å². The molecule has 0 aliphatic heterocycles. The summed E-state index contributed by atoms with van der Waals surface area (Å²) in [7, 11) is 1.32. The van der Waals surface area contributed by atoms with Crippen LogP contribution in [0.4, 0.5) is 0 Å². The van der Waals surface area contributed by atoms with Crippen LogP contribution in [0.25, 0.3) is 0 Å². The topological polar surface area (TPSA) is 38.4 Å². The Hall–Kier alpha value is 0.550. The minimum Gasteiger partial charge on any atom is -0.389 e. The minimum atomic E-state index is 1.26. The lowest BCUT2D eigenvalue weighted by molar-refractivity contribution is 1.79. The highest BCUT2D eigenvalue weighted by molar-refractivity contribution is 14.2. The zero-order chi connectivity index (χ0) is 4.12. The summed E-state index contributed by atoms with van der Waals surface area (Å²) in [5.41, 5.74) is 4.82. The largest absolute Gasteiger partial charge is 0.389 e. The van der Waals surface area contributed by atoms with Gasteiger partial charge in [0.1, 0.15) is 0 Å². The molecule has 0 bridgehead atoms. The summed E-state index contributed by atoms with van der Waals surface area (Å²) in [6, 6.07) is 0. The predicted octanol–water partition coefficient (Wildman–Crippen LogP) is 0.972. The lowest BCUT2D eigenvalue weighted by Gasteiger charge is -1.64. The third kappa shape index (κ3) is 4.55. The molecule has 0 radical (unpaired) electrons. The molecule has 0 aromatic carbocycles. The number of rotatable bonds is 1. The molecular formula is CH3IN2S. The van der Waals surface area contributed by atoms with Gasteiger partial charge in [-0.25, -0.2) is 0 Å². The Morgan fingerprint density at radius 1 is 2.00 bits per heavy atom. The summed E-state index contributed by atoms with van der Waals surface area (Å²) in [5, 5.41) is 0. The van der Waals surface area contributed by atoms with Gasteiger partial charge in [-0.1, -0.05) is 0 Å². The summed E-state index contributed by atoms with van der Waals surface area (Å²) >= 11 is 2.03. The van der Waals surface area contributed by atoms with Gasteiger partial charge in [0.05, 0.1) is 6.34 Å². The van der Waals surface area contributed by atoms with Crippen molar-refractivity contribution in [2.45, 2.75) is 0 Å². The molecule has 0 heterocycles. The van der Waals surface area contributed by atoms with E-state index in [2.05, 4.69) is 4.40 Å². The van der Waals surface area contributed by atoms with E-state index in [0.717, 1.165) is 0 Å². The Morgan fingerprint density at radius 2 is 2.60 bits per heavy atom. The first-order valence-corrected chi connectivity index (χ1v) is 4.24. The molecule has 2 nitrogen and oxygen atoms in total. The fraction of sp³-hybridized carbons (Fsp3) is 0. The van der Waals surface area contributed by atoms with Crippen LogP contribution >= 0.6 is 30.3 Å². The number of halogens is 1. The van der Waals surface area contributed by atoms with Gasteiger partial charge >= 0.3 is 0 Å². The minimum absolute atomic E-state index is 1.26. The van der Waals surface area contributed by atoms with Crippen LogP contribution in [-0.2, 0) is 0 Å². The van der Waals surface area contributed by atoms with E-state index in [0.29, 0.717) is 0 Å². The van der Waals surface area contributed by atoms with Gasteiger partial charge in [-0.05, 0) is 0 Å². The molecule has 0 rings (SSSR count).